The van der Waals surface area contributed by atoms with Gasteiger partial charge in [-0.05, 0) is 36.4 Å². The molecule has 24 heavy (non-hydrogen) atoms. The second-order valence-corrected chi connectivity index (χ2v) is 6.32. The topological polar surface area (TPSA) is 75.1 Å². The lowest BCUT2D eigenvalue weighted by atomic mass is 10.1. The summed E-state index contributed by atoms with van der Waals surface area (Å²) in [5.41, 5.74) is 1.24. The van der Waals surface area contributed by atoms with E-state index in [-0.39, 0.29) is 11.1 Å². The van der Waals surface area contributed by atoms with Crippen LogP contribution in [0.5, 0.6) is 11.5 Å². The fraction of sp³-hybridized carbons (Fsp3) is 0.333. The minimum atomic E-state index is -0.389. The van der Waals surface area contributed by atoms with Crippen molar-refractivity contribution in [2.45, 2.75) is 25.2 Å². The Bertz CT molecular complexity index is 809. The molecule has 0 saturated heterocycles. The number of nitriles is 1. The third-order valence-corrected chi connectivity index (χ3v) is 4.26. The molecule has 1 aromatic carbocycles. The fourth-order valence-electron chi connectivity index (χ4n) is 2.24. The largest absolute Gasteiger partial charge is 0.493 e. The predicted molar refractivity (Wildman–Crippen MR) is 95.9 cm³/mol. The smallest absolute Gasteiger partial charge is 0.266 e. The van der Waals surface area contributed by atoms with Gasteiger partial charge in [0.15, 0.2) is 11.5 Å². The molecule has 1 N–H and O–H groups in total. The molecule has 0 radical (unpaired) electrons. The van der Waals surface area contributed by atoms with Gasteiger partial charge >= 0.3 is 0 Å². The first-order chi connectivity index (χ1) is 11.6. The number of nitrogens with zero attached hydrogens (tertiary/aromatic N) is 1. The molecule has 0 spiro atoms. The summed E-state index contributed by atoms with van der Waals surface area (Å²) in [5.74, 6) is 2.11. The number of hydrogen-bond donors (Lipinski definition) is 1. The van der Waals surface area contributed by atoms with Gasteiger partial charge in [0.25, 0.3) is 5.56 Å². The molecule has 2 aromatic rings. The molecule has 5 nitrogen and oxygen atoms in total. The van der Waals surface area contributed by atoms with Crippen molar-refractivity contribution in [3.8, 4) is 28.8 Å². The second kappa shape index (κ2) is 8.46. The molecule has 6 heteroatoms. The Kier molecular flexibility index (Phi) is 6.33. The van der Waals surface area contributed by atoms with Crippen molar-refractivity contribution in [3.63, 3.8) is 0 Å². The normalized spacial score (nSPS) is 10.2. The number of hydrogen-bond acceptors (Lipinski definition) is 5. The van der Waals surface area contributed by atoms with Crippen molar-refractivity contribution in [3.05, 3.63) is 40.2 Å². The van der Waals surface area contributed by atoms with Crippen LogP contribution in [0, 0.1) is 11.3 Å². The summed E-state index contributed by atoms with van der Waals surface area (Å²) < 4.78 is 11.1. The van der Waals surface area contributed by atoms with Gasteiger partial charge < -0.3 is 14.5 Å². The van der Waals surface area contributed by atoms with Crippen LogP contribution >= 0.6 is 11.8 Å². The number of H-pyrrole nitrogens is 1. The number of benzene rings is 1. The Morgan fingerprint density at radius 1 is 1.25 bits per heavy atom. The highest BCUT2D eigenvalue weighted by atomic mass is 32.2. The van der Waals surface area contributed by atoms with E-state index in [1.807, 2.05) is 38.1 Å². The SMILES string of the molecule is CCCOc1cc(-c2[nH]c(=O)c(C#N)cc2SCC)ccc1OC. The number of pyridine rings is 1. The van der Waals surface area contributed by atoms with E-state index in [2.05, 4.69) is 4.98 Å². The molecule has 0 saturated carbocycles. The van der Waals surface area contributed by atoms with Crippen molar-refractivity contribution in [1.29, 1.82) is 5.26 Å². The molecule has 0 fully saturated rings. The van der Waals surface area contributed by atoms with Crippen LogP contribution in [0.15, 0.2) is 34.0 Å². The maximum Gasteiger partial charge on any atom is 0.266 e. The molecular weight excluding hydrogens is 324 g/mol. The number of ether oxygens (including phenoxy) is 2. The van der Waals surface area contributed by atoms with Crippen molar-refractivity contribution in [1.82, 2.24) is 4.98 Å². The fourth-order valence-corrected chi connectivity index (χ4v) is 3.06. The van der Waals surface area contributed by atoms with E-state index < -0.39 is 0 Å². The molecule has 0 aliphatic rings. The Balaban J connectivity index is 2.56. The molecule has 1 aromatic heterocycles. The Morgan fingerprint density at radius 3 is 2.67 bits per heavy atom. The zero-order valence-corrected chi connectivity index (χ0v) is 14.8. The third kappa shape index (κ3) is 3.92. The van der Waals surface area contributed by atoms with Crippen LogP contribution in [0.25, 0.3) is 11.3 Å². The first-order valence-electron chi connectivity index (χ1n) is 7.76. The van der Waals surface area contributed by atoms with E-state index in [0.29, 0.717) is 23.8 Å². The molecule has 0 unspecified atom stereocenters. The summed E-state index contributed by atoms with van der Waals surface area (Å²) in [5, 5.41) is 9.07. The van der Waals surface area contributed by atoms with E-state index in [1.165, 1.54) is 0 Å². The zero-order valence-electron chi connectivity index (χ0n) is 14.0. The Morgan fingerprint density at radius 2 is 2.04 bits per heavy atom. The van der Waals surface area contributed by atoms with Crippen molar-refractivity contribution >= 4 is 11.8 Å². The Hall–Kier alpha value is -2.39. The summed E-state index contributed by atoms with van der Waals surface area (Å²) in [6, 6.07) is 9.11. The standard InChI is InChI=1S/C18H20N2O3S/c1-4-8-23-15-9-12(6-7-14(15)22-3)17-16(24-5-2)10-13(11-19)18(21)20-17/h6-7,9-10H,4-5,8H2,1-3H3,(H,20,21). The van der Waals surface area contributed by atoms with Gasteiger partial charge in [0, 0.05) is 10.5 Å². The van der Waals surface area contributed by atoms with Gasteiger partial charge in [0.05, 0.1) is 19.4 Å². The average Bonchev–Trinajstić information content (AvgIpc) is 2.61. The minimum absolute atomic E-state index is 0.116. The van der Waals surface area contributed by atoms with Gasteiger partial charge in [0.1, 0.15) is 11.6 Å². The second-order valence-electron chi connectivity index (χ2n) is 5.01. The maximum atomic E-state index is 12.0. The number of rotatable bonds is 7. The first-order valence-corrected chi connectivity index (χ1v) is 8.74. The van der Waals surface area contributed by atoms with Crippen LogP contribution in [0.3, 0.4) is 0 Å². The maximum absolute atomic E-state index is 12.0. The summed E-state index contributed by atoms with van der Waals surface area (Å²) >= 11 is 1.58. The van der Waals surface area contributed by atoms with Gasteiger partial charge in [-0.1, -0.05) is 13.8 Å². The lowest BCUT2D eigenvalue weighted by Crippen LogP contribution is -2.11. The van der Waals surface area contributed by atoms with Crippen LogP contribution in [-0.4, -0.2) is 24.5 Å². The summed E-state index contributed by atoms with van der Waals surface area (Å²) in [6.45, 7) is 4.64. The van der Waals surface area contributed by atoms with E-state index in [0.717, 1.165) is 22.6 Å². The quantitative estimate of drug-likeness (QED) is 0.773. The molecule has 0 amide bonds. The molecular formula is C18H20N2O3S. The molecule has 126 valence electrons. The highest BCUT2D eigenvalue weighted by Crippen LogP contribution is 2.35. The highest BCUT2D eigenvalue weighted by molar-refractivity contribution is 7.99. The van der Waals surface area contributed by atoms with Crippen LogP contribution in [0.4, 0.5) is 0 Å². The van der Waals surface area contributed by atoms with Gasteiger partial charge in [-0.3, -0.25) is 4.79 Å². The van der Waals surface area contributed by atoms with Crippen LogP contribution < -0.4 is 15.0 Å². The molecule has 1 heterocycles. The zero-order chi connectivity index (χ0) is 17.5. The lowest BCUT2D eigenvalue weighted by molar-refractivity contribution is 0.294. The number of nitrogens with one attached hydrogen (secondary N) is 1. The Labute approximate surface area is 145 Å². The number of methoxy groups -OCH3 is 1. The molecule has 2 rings (SSSR count). The lowest BCUT2D eigenvalue weighted by Gasteiger charge is -2.14. The molecule has 0 atom stereocenters. The summed E-state index contributed by atoms with van der Waals surface area (Å²) in [7, 11) is 1.59. The highest BCUT2D eigenvalue weighted by Gasteiger charge is 2.13. The summed E-state index contributed by atoms with van der Waals surface area (Å²) in [6.07, 6.45) is 0.887. The van der Waals surface area contributed by atoms with Gasteiger partial charge in [-0.25, -0.2) is 0 Å². The van der Waals surface area contributed by atoms with Crippen LogP contribution in [0.2, 0.25) is 0 Å². The number of aromatic nitrogens is 1. The first kappa shape index (κ1) is 18.0. The van der Waals surface area contributed by atoms with E-state index in [1.54, 1.807) is 24.9 Å². The summed E-state index contributed by atoms with van der Waals surface area (Å²) in [4.78, 5) is 15.7. The van der Waals surface area contributed by atoms with Crippen molar-refractivity contribution < 1.29 is 9.47 Å². The van der Waals surface area contributed by atoms with Crippen LogP contribution in [-0.2, 0) is 0 Å². The van der Waals surface area contributed by atoms with Gasteiger partial charge in [-0.15, -0.1) is 11.8 Å². The van der Waals surface area contributed by atoms with Crippen molar-refractivity contribution in [2.24, 2.45) is 0 Å². The predicted octanol–water partition coefficient (Wildman–Crippen LogP) is 3.82. The number of thioether (sulfide) groups is 1. The van der Waals surface area contributed by atoms with Crippen molar-refractivity contribution in [2.75, 3.05) is 19.5 Å². The molecule has 0 aliphatic heterocycles. The molecule has 0 bridgehead atoms. The van der Waals surface area contributed by atoms with Gasteiger partial charge in [-0.2, -0.15) is 5.26 Å². The van der Waals surface area contributed by atoms with Crippen LogP contribution in [0.1, 0.15) is 25.8 Å². The minimum Gasteiger partial charge on any atom is -0.493 e. The third-order valence-electron chi connectivity index (χ3n) is 3.34. The van der Waals surface area contributed by atoms with Gasteiger partial charge in [0.2, 0.25) is 0 Å². The average molecular weight is 344 g/mol. The monoisotopic (exact) mass is 344 g/mol. The molecule has 0 aliphatic carbocycles. The number of aromatic amines is 1. The van der Waals surface area contributed by atoms with E-state index >= 15 is 0 Å². The van der Waals surface area contributed by atoms with E-state index in [4.69, 9.17) is 14.7 Å². The van der Waals surface area contributed by atoms with E-state index in [9.17, 15) is 4.79 Å².